The summed E-state index contributed by atoms with van der Waals surface area (Å²) in [6, 6.07) is 20.5. The highest BCUT2D eigenvalue weighted by molar-refractivity contribution is 5.78. The number of aromatic nitrogens is 2. The maximum Gasteiger partial charge on any atom is 0.219 e. The average Bonchev–Trinajstić information content (AvgIpc) is 2.77. The van der Waals surface area contributed by atoms with Gasteiger partial charge in [0.05, 0.1) is 11.7 Å². The van der Waals surface area contributed by atoms with Gasteiger partial charge in [-0.3, -0.25) is 4.98 Å². The number of hydrogen-bond donors (Lipinski definition) is 1. The van der Waals surface area contributed by atoms with Crippen LogP contribution in [-0.4, -0.2) is 27.8 Å². The van der Waals surface area contributed by atoms with Crippen molar-refractivity contribution in [2.45, 2.75) is 12.2 Å². The Bertz CT molecular complexity index is 1150. The van der Waals surface area contributed by atoms with Gasteiger partial charge in [0, 0.05) is 23.2 Å². The minimum atomic E-state index is -0.855. The zero-order valence-corrected chi connectivity index (χ0v) is 15.4. The molecule has 1 aliphatic rings. The van der Waals surface area contributed by atoms with Gasteiger partial charge in [-0.05, 0) is 42.5 Å². The van der Waals surface area contributed by atoms with Crippen LogP contribution in [0.5, 0.6) is 23.1 Å². The van der Waals surface area contributed by atoms with Crippen LogP contribution < -0.4 is 14.2 Å². The third-order valence-electron chi connectivity index (χ3n) is 4.77. The molecule has 0 radical (unpaired) electrons. The number of benzene rings is 2. The monoisotopic (exact) mass is 386 g/mol. The van der Waals surface area contributed by atoms with E-state index in [1.165, 1.54) is 0 Å². The summed E-state index contributed by atoms with van der Waals surface area (Å²) in [5.41, 5.74) is 1.47. The van der Waals surface area contributed by atoms with E-state index in [-0.39, 0.29) is 6.61 Å². The van der Waals surface area contributed by atoms with Crippen molar-refractivity contribution in [1.82, 2.24) is 9.97 Å². The summed E-state index contributed by atoms with van der Waals surface area (Å²) in [7, 11) is 0. The van der Waals surface area contributed by atoms with Gasteiger partial charge in [0.1, 0.15) is 30.0 Å². The molecule has 0 saturated heterocycles. The van der Waals surface area contributed by atoms with Crippen LogP contribution in [0.2, 0.25) is 0 Å². The number of aliphatic hydroxyl groups excluding tert-OH is 1. The maximum absolute atomic E-state index is 10.8. The van der Waals surface area contributed by atoms with E-state index in [0.29, 0.717) is 28.7 Å². The number of para-hydroxylation sites is 1. The molecule has 4 aromatic rings. The molecule has 5 rings (SSSR count). The fourth-order valence-corrected chi connectivity index (χ4v) is 3.33. The molecule has 2 aromatic carbocycles. The Labute approximate surface area is 167 Å². The highest BCUT2D eigenvalue weighted by Gasteiger charge is 2.31. The van der Waals surface area contributed by atoms with Crippen molar-refractivity contribution < 1.29 is 19.3 Å². The van der Waals surface area contributed by atoms with Crippen LogP contribution >= 0.6 is 0 Å². The van der Waals surface area contributed by atoms with Gasteiger partial charge >= 0.3 is 0 Å². The van der Waals surface area contributed by atoms with Gasteiger partial charge in [-0.2, -0.15) is 0 Å². The fourth-order valence-electron chi connectivity index (χ4n) is 3.33. The second kappa shape index (κ2) is 7.41. The summed E-state index contributed by atoms with van der Waals surface area (Å²) in [4.78, 5) is 8.55. The van der Waals surface area contributed by atoms with E-state index in [9.17, 15) is 5.11 Å². The quantitative estimate of drug-likeness (QED) is 0.564. The number of nitrogens with zero attached hydrogens (tertiary/aromatic N) is 2. The predicted molar refractivity (Wildman–Crippen MR) is 107 cm³/mol. The average molecular weight is 386 g/mol. The molecular weight excluding hydrogens is 368 g/mol. The first-order valence-electron chi connectivity index (χ1n) is 9.31. The third kappa shape index (κ3) is 3.58. The molecule has 3 heterocycles. The molecule has 0 amide bonds. The van der Waals surface area contributed by atoms with Gasteiger partial charge < -0.3 is 19.3 Å². The van der Waals surface area contributed by atoms with Gasteiger partial charge in [-0.15, -0.1) is 0 Å². The summed E-state index contributed by atoms with van der Waals surface area (Å²) in [6.07, 6.45) is 1.88. The Hall–Kier alpha value is -3.64. The normalized spacial score (nSPS) is 18.0. The van der Waals surface area contributed by atoms with Crippen molar-refractivity contribution in [3.63, 3.8) is 0 Å². The number of hydrogen-bond acceptors (Lipinski definition) is 6. The molecule has 144 valence electrons. The van der Waals surface area contributed by atoms with Gasteiger partial charge in [0.15, 0.2) is 6.10 Å². The summed E-state index contributed by atoms with van der Waals surface area (Å²) in [5.74, 6) is 2.24. The molecule has 0 unspecified atom stereocenters. The summed E-state index contributed by atoms with van der Waals surface area (Å²) in [5, 5.41) is 11.9. The maximum atomic E-state index is 10.8. The van der Waals surface area contributed by atoms with Crippen molar-refractivity contribution in [2.75, 3.05) is 6.61 Å². The molecule has 0 spiro atoms. The standard InChI is InChI=1S/C23H18N2O4/c26-23-18-12-16(29-22-10-7-15-4-1-2-6-19(15)25-22)8-9-20(18)27-14-21(23)28-17-5-3-11-24-13-17/h1-13,21,23,26H,14H2/t21-,23+/m1/s1. The first kappa shape index (κ1) is 17.5. The first-order chi connectivity index (χ1) is 14.3. The van der Waals surface area contributed by atoms with Crippen LogP contribution in [0.15, 0.2) is 79.1 Å². The Morgan fingerprint density at radius 2 is 1.90 bits per heavy atom. The minimum Gasteiger partial charge on any atom is -0.489 e. The number of pyridine rings is 2. The molecule has 2 aromatic heterocycles. The van der Waals surface area contributed by atoms with E-state index < -0.39 is 12.2 Å². The second-order valence-corrected chi connectivity index (χ2v) is 6.74. The Kier molecular flexibility index (Phi) is 4.46. The number of rotatable bonds is 4. The Morgan fingerprint density at radius 1 is 0.966 bits per heavy atom. The minimum absolute atomic E-state index is 0.246. The molecule has 6 heteroatoms. The van der Waals surface area contributed by atoms with Crippen molar-refractivity contribution in [2.24, 2.45) is 0 Å². The lowest BCUT2D eigenvalue weighted by Crippen LogP contribution is -2.35. The largest absolute Gasteiger partial charge is 0.489 e. The van der Waals surface area contributed by atoms with Crippen molar-refractivity contribution >= 4 is 10.9 Å². The SMILES string of the molecule is O[C@H]1c2cc(Oc3ccc4ccccc4n3)ccc2OC[C@H]1Oc1cccnc1. The fraction of sp³-hybridized carbons (Fsp3) is 0.130. The second-order valence-electron chi connectivity index (χ2n) is 6.74. The smallest absolute Gasteiger partial charge is 0.219 e. The van der Waals surface area contributed by atoms with E-state index >= 15 is 0 Å². The zero-order valence-electron chi connectivity index (χ0n) is 15.4. The first-order valence-corrected chi connectivity index (χ1v) is 9.31. The van der Waals surface area contributed by atoms with Crippen molar-refractivity contribution in [3.8, 4) is 23.1 Å². The van der Waals surface area contributed by atoms with E-state index in [2.05, 4.69) is 9.97 Å². The molecule has 29 heavy (non-hydrogen) atoms. The van der Waals surface area contributed by atoms with Gasteiger partial charge in [-0.25, -0.2) is 4.98 Å². The molecule has 0 fully saturated rings. The Balaban J connectivity index is 1.38. The van der Waals surface area contributed by atoms with E-state index in [0.717, 1.165) is 10.9 Å². The molecule has 1 N–H and O–H groups in total. The van der Waals surface area contributed by atoms with E-state index in [4.69, 9.17) is 14.2 Å². The number of fused-ring (bicyclic) bond motifs is 2. The predicted octanol–water partition coefficient (Wildman–Crippen LogP) is 4.30. The molecule has 2 atom stereocenters. The summed E-state index contributed by atoms with van der Waals surface area (Å²) < 4.78 is 17.5. The van der Waals surface area contributed by atoms with Gasteiger partial charge in [0.25, 0.3) is 0 Å². The topological polar surface area (TPSA) is 73.7 Å². The number of ether oxygens (including phenoxy) is 3. The molecule has 1 aliphatic heterocycles. The highest BCUT2D eigenvalue weighted by Crippen LogP contribution is 2.37. The Morgan fingerprint density at radius 3 is 2.79 bits per heavy atom. The lowest BCUT2D eigenvalue weighted by molar-refractivity contribution is -0.0105. The molecule has 0 saturated carbocycles. The lowest BCUT2D eigenvalue weighted by Gasteiger charge is -2.30. The van der Waals surface area contributed by atoms with Crippen LogP contribution in [0.1, 0.15) is 11.7 Å². The third-order valence-corrected chi connectivity index (χ3v) is 4.77. The van der Waals surface area contributed by atoms with Gasteiger partial charge in [-0.1, -0.05) is 18.2 Å². The summed E-state index contributed by atoms with van der Waals surface area (Å²) in [6.45, 7) is 0.246. The van der Waals surface area contributed by atoms with Crippen LogP contribution in [0.4, 0.5) is 0 Å². The highest BCUT2D eigenvalue weighted by atomic mass is 16.5. The van der Waals surface area contributed by atoms with Crippen molar-refractivity contribution in [1.29, 1.82) is 0 Å². The lowest BCUT2D eigenvalue weighted by atomic mass is 10.0. The zero-order chi connectivity index (χ0) is 19.6. The molecular formula is C23H18N2O4. The van der Waals surface area contributed by atoms with Crippen molar-refractivity contribution in [3.05, 3.63) is 84.7 Å². The number of aliphatic hydroxyl groups is 1. The van der Waals surface area contributed by atoms with Crippen LogP contribution in [0, 0.1) is 0 Å². The molecule has 0 aliphatic carbocycles. The van der Waals surface area contributed by atoms with Crippen LogP contribution in [0.25, 0.3) is 10.9 Å². The summed E-state index contributed by atoms with van der Waals surface area (Å²) >= 11 is 0. The van der Waals surface area contributed by atoms with E-state index in [1.54, 1.807) is 42.7 Å². The molecule has 6 nitrogen and oxygen atoms in total. The van der Waals surface area contributed by atoms with E-state index in [1.807, 2.05) is 36.4 Å². The van der Waals surface area contributed by atoms with Gasteiger partial charge in [0.2, 0.25) is 5.88 Å². The van der Waals surface area contributed by atoms with Crippen LogP contribution in [-0.2, 0) is 0 Å². The molecule has 0 bridgehead atoms. The van der Waals surface area contributed by atoms with Crippen LogP contribution in [0.3, 0.4) is 0 Å².